The monoisotopic (exact) mass is 307 g/mol. The molecule has 106 valence electrons. The lowest BCUT2D eigenvalue weighted by atomic mass is 10.0. The van der Waals surface area contributed by atoms with Gasteiger partial charge in [-0.1, -0.05) is 6.07 Å². The van der Waals surface area contributed by atoms with Crippen molar-refractivity contribution in [3.63, 3.8) is 0 Å². The summed E-state index contributed by atoms with van der Waals surface area (Å²) in [5.74, 6) is 0.386. The molecule has 0 aromatic carbocycles. The van der Waals surface area contributed by atoms with Gasteiger partial charge in [-0.15, -0.1) is 22.7 Å². The zero-order valence-corrected chi connectivity index (χ0v) is 12.7. The molecule has 1 aliphatic rings. The fourth-order valence-electron chi connectivity index (χ4n) is 2.31. The number of thiophene rings is 1. The van der Waals surface area contributed by atoms with E-state index < -0.39 is 0 Å². The Balaban J connectivity index is 1.59. The van der Waals surface area contributed by atoms with Crippen LogP contribution in [0.5, 0.6) is 0 Å². The number of aromatic nitrogens is 1. The summed E-state index contributed by atoms with van der Waals surface area (Å²) in [5.41, 5.74) is 0.548. The van der Waals surface area contributed by atoms with Crippen molar-refractivity contribution >= 4 is 28.6 Å². The summed E-state index contributed by atoms with van der Waals surface area (Å²) in [7, 11) is 0. The first-order chi connectivity index (χ1) is 9.83. The summed E-state index contributed by atoms with van der Waals surface area (Å²) < 4.78 is 0. The number of nitrogens with zero attached hydrogens (tertiary/aromatic N) is 1. The minimum absolute atomic E-state index is 0.0790. The number of carbonyl (C=O) groups excluding carboxylic acids is 1. The van der Waals surface area contributed by atoms with Gasteiger partial charge in [0.2, 0.25) is 0 Å². The molecule has 3 heterocycles. The van der Waals surface area contributed by atoms with Crippen LogP contribution in [0.25, 0.3) is 0 Å². The van der Waals surface area contributed by atoms with E-state index in [1.807, 2.05) is 22.9 Å². The molecule has 0 spiro atoms. The predicted molar refractivity (Wildman–Crippen MR) is 82.4 cm³/mol. The van der Waals surface area contributed by atoms with E-state index in [2.05, 4.69) is 15.6 Å². The number of carbonyl (C=O) groups is 1. The third-order valence-corrected chi connectivity index (χ3v) is 5.29. The fraction of sp³-hybridized carbons (Fsp3) is 0.429. The molecule has 2 aromatic rings. The Bertz CT molecular complexity index is 559. The Labute approximate surface area is 126 Å². The number of thiazole rings is 1. The molecule has 1 aliphatic heterocycles. The zero-order chi connectivity index (χ0) is 13.8. The van der Waals surface area contributed by atoms with Gasteiger partial charge in [0.1, 0.15) is 5.69 Å². The van der Waals surface area contributed by atoms with Gasteiger partial charge in [-0.25, -0.2) is 4.98 Å². The van der Waals surface area contributed by atoms with Gasteiger partial charge < -0.3 is 10.6 Å². The molecule has 0 bridgehead atoms. The molecule has 2 N–H and O–H groups in total. The van der Waals surface area contributed by atoms with Crippen molar-refractivity contribution in [2.24, 2.45) is 0 Å². The second kappa shape index (κ2) is 6.47. The third kappa shape index (κ3) is 3.26. The van der Waals surface area contributed by atoms with E-state index in [-0.39, 0.29) is 5.91 Å². The van der Waals surface area contributed by atoms with Crippen LogP contribution in [0.3, 0.4) is 0 Å². The average molecular weight is 307 g/mol. The molecule has 4 nitrogen and oxygen atoms in total. The summed E-state index contributed by atoms with van der Waals surface area (Å²) >= 11 is 3.25. The maximum Gasteiger partial charge on any atom is 0.271 e. The number of hydrogen-bond donors (Lipinski definition) is 2. The van der Waals surface area contributed by atoms with Gasteiger partial charge in [-0.05, 0) is 30.8 Å². The molecule has 0 aliphatic carbocycles. The molecule has 6 heteroatoms. The first-order valence-corrected chi connectivity index (χ1v) is 8.55. The fourth-order valence-corrected chi connectivity index (χ4v) is 3.89. The zero-order valence-electron chi connectivity index (χ0n) is 11.1. The number of rotatable bonds is 4. The van der Waals surface area contributed by atoms with E-state index in [1.165, 1.54) is 6.42 Å². The molecule has 1 saturated heterocycles. The lowest BCUT2D eigenvalue weighted by Crippen LogP contribution is -2.28. The number of nitrogens with one attached hydrogen (secondary N) is 2. The van der Waals surface area contributed by atoms with Crippen molar-refractivity contribution in [1.29, 1.82) is 0 Å². The highest BCUT2D eigenvalue weighted by Crippen LogP contribution is 2.26. The van der Waals surface area contributed by atoms with E-state index >= 15 is 0 Å². The average Bonchev–Trinajstić information content (AvgIpc) is 3.17. The Kier molecular flexibility index (Phi) is 4.44. The molecule has 1 atom stereocenters. The van der Waals surface area contributed by atoms with Crippen LogP contribution in [0.1, 0.15) is 39.1 Å². The number of amides is 1. The molecule has 20 heavy (non-hydrogen) atoms. The lowest BCUT2D eigenvalue weighted by molar-refractivity contribution is 0.0946. The highest BCUT2D eigenvalue weighted by atomic mass is 32.1. The minimum atomic E-state index is -0.0790. The van der Waals surface area contributed by atoms with Crippen LogP contribution in [-0.4, -0.2) is 24.0 Å². The van der Waals surface area contributed by atoms with Gasteiger partial charge in [0.15, 0.2) is 0 Å². The van der Waals surface area contributed by atoms with Crippen LogP contribution >= 0.6 is 22.7 Å². The van der Waals surface area contributed by atoms with Crippen LogP contribution in [0, 0.1) is 0 Å². The van der Waals surface area contributed by atoms with Gasteiger partial charge >= 0.3 is 0 Å². The molecule has 1 amide bonds. The van der Waals surface area contributed by atoms with Gasteiger partial charge in [-0.3, -0.25) is 4.79 Å². The van der Waals surface area contributed by atoms with Crippen molar-refractivity contribution in [2.75, 3.05) is 13.1 Å². The molecule has 3 rings (SSSR count). The highest BCUT2D eigenvalue weighted by molar-refractivity contribution is 7.10. The Morgan fingerprint density at radius 3 is 3.20 bits per heavy atom. The van der Waals surface area contributed by atoms with Crippen molar-refractivity contribution in [2.45, 2.75) is 25.3 Å². The number of hydrogen-bond acceptors (Lipinski definition) is 5. The minimum Gasteiger partial charge on any atom is -0.346 e. The van der Waals surface area contributed by atoms with Crippen LogP contribution in [0.2, 0.25) is 0 Å². The first-order valence-electron chi connectivity index (χ1n) is 6.79. The van der Waals surface area contributed by atoms with Crippen molar-refractivity contribution in [1.82, 2.24) is 15.6 Å². The van der Waals surface area contributed by atoms with E-state index in [1.54, 1.807) is 22.7 Å². The lowest BCUT2D eigenvalue weighted by Gasteiger charge is -2.20. The maximum absolute atomic E-state index is 12.1. The molecule has 1 fully saturated rings. The van der Waals surface area contributed by atoms with E-state index in [0.717, 1.165) is 29.4 Å². The molecular weight excluding hydrogens is 290 g/mol. The second-order valence-corrected chi connectivity index (χ2v) is 6.80. The molecule has 0 saturated carbocycles. The van der Waals surface area contributed by atoms with Crippen LogP contribution in [0.15, 0.2) is 22.9 Å². The highest BCUT2D eigenvalue weighted by Gasteiger charge is 2.20. The Hall–Kier alpha value is -1.24. The van der Waals surface area contributed by atoms with Gasteiger partial charge in [0.25, 0.3) is 5.91 Å². The molecular formula is C14H17N3OS2. The third-order valence-electron chi connectivity index (χ3n) is 3.40. The van der Waals surface area contributed by atoms with Crippen molar-refractivity contribution in [3.05, 3.63) is 38.5 Å². The largest absolute Gasteiger partial charge is 0.346 e. The van der Waals surface area contributed by atoms with Crippen molar-refractivity contribution < 1.29 is 4.79 Å². The summed E-state index contributed by atoms with van der Waals surface area (Å²) in [6, 6.07) is 4.01. The van der Waals surface area contributed by atoms with Crippen LogP contribution < -0.4 is 10.6 Å². The normalized spacial score (nSPS) is 18.9. The quantitative estimate of drug-likeness (QED) is 0.913. The Morgan fingerprint density at radius 2 is 2.45 bits per heavy atom. The second-order valence-electron chi connectivity index (χ2n) is 4.88. The van der Waals surface area contributed by atoms with E-state index in [0.29, 0.717) is 18.2 Å². The van der Waals surface area contributed by atoms with Gasteiger partial charge in [-0.2, -0.15) is 0 Å². The molecule has 2 aromatic heterocycles. The van der Waals surface area contributed by atoms with E-state index in [9.17, 15) is 4.79 Å². The summed E-state index contributed by atoms with van der Waals surface area (Å²) in [4.78, 5) is 17.7. The molecule has 0 radical (unpaired) electrons. The standard InChI is InChI=1S/C14H17N3OS2/c18-13(16-8-11-4-2-6-19-11)12-9-20-14(17-12)10-3-1-5-15-7-10/h2,4,6,9-10,15H,1,3,5,7-8H2,(H,16,18). The van der Waals surface area contributed by atoms with Gasteiger partial charge in [0.05, 0.1) is 11.6 Å². The Morgan fingerprint density at radius 1 is 1.50 bits per heavy atom. The van der Waals surface area contributed by atoms with Crippen LogP contribution in [-0.2, 0) is 6.54 Å². The summed E-state index contributed by atoms with van der Waals surface area (Å²) in [5, 5.41) is 11.3. The van der Waals surface area contributed by atoms with Crippen molar-refractivity contribution in [3.8, 4) is 0 Å². The predicted octanol–water partition coefficient (Wildman–Crippen LogP) is 2.60. The van der Waals surface area contributed by atoms with Crippen LogP contribution in [0.4, 0.5) is 0 Å². The summed E-state index contributed by atoms with van der Waals surface area (Å²) in [6.07, 6.45) is 2.35. The maximum atomic E-state index is 12.1. The number of piperidine rings is 1. The summed E-state index contributed by atoms with van der Waals surface area (Å²) in [6.45, 7) is 2.65. The SMILES string of the molecule is O=C(NCc1cccs1)c1csc(C2CCCNC2)n1. The molecule has 1 unspecified atom stereocenters. The first kappa shape index (κ1) is 13.7. The van der Waals surface area contributed by atoms with Gasteiger partial charge in [0, 0.05) is 22.7 Å². The topological polar surface area (TPSA) is 54.0 Å². The van der Waals surface area contributed by atoms with E-state index in [4.69, 9.17) is 0 Å². The smallest absolute Gasteiger partial charge is 0.271 e.